The highest BCUT2D eigenvalue weighted by atomic mass is 35.5. The molecule has 0 radical (unpaired) electrons. The number of carboxylic acid groups (broad SMARTS) is 1. The molecule has 162 valence electrons. The second kappa shape index (κ2) is 12.4. The summed E-state index contributed by atoms with van der Waals surface area (Å²) in [5, 5.41) is 29.5. The molecule has 0 heterocycles. The molecule has 1 aromatic carbocycles. The van der Waals surface area contributed by atoms with Crippen molar-refractivity contribution in [1.29, 1.82) is 0 Å². The Morgan fingerprint density at radius 1 is 1.21 bits per heavy atom. The molecule has 1 aliphatic carbocycles. The van der Waals surface area contributed by atoms with Crippen LogP contribution < -0.4 is 0 Å². The highest BCUT2D eigenvalue weighted by molar-refractivity contribution is 6.21. The molecule has 1 aliphatic rings. The molecule has 1 saturated carbocycles. The molecular formula is C24H35ClO4. The van der Waals surface area contributed by atoms with Gasteiger partial charge < -0.3 is 15.3 Å². The fourth-order valence-electron chi connectivity index (χ4n) is 4.26. The number of carbonyl (C=O) groups is 1. The number of aliphatic hydroxyl groups excluding tert-OH is 2. The summed E-state index contributed by atoms with van der Waals surface area (Å²) in [6.07, 6.45) is 10.2. The molecule has 4 nitrogen and oxygen atoms in total. The molecule has 0 aromatic heterocycles. The van der Waals surface area contributed by atoms with E-state index in [4.69, 9.17) is 16.7 Å². The fraction of sp³-hybridized carbons (Fsp3) is 0.625. The van der Waals surface area contributed by atoms with Crippen molar-refractivity contribution in [3.63, 3.8) is 0 Å². The molecule has 5 heteroatoms. The fourth-order valence-corrected chi connectivity index (χ4v) is 4.71. The van der Waals surface area contributed by atoms with E-state index in [9.17, 15) is 15.0 Å². The molecule has 2 rings (SSSR count). The predicted octanol–water partition coefficient (Wildman–Crippen LogP) is 5.57. The summed E-state index contributed by atoms with van der Waals surface area (Å²) < 4.78 is 0. The first kappa shape index (κ1) is 23.9. The Morgan fingerprint density at radius 2 is 1.93 bits per heavy atom. The second-order valence-electron chi connectivity index (χ2n) is 8.18. The average molecular weight is 423 g/mol. The van der Waals surface area contributed by atoms with Gasteiger partial charge in [-0.1, -0.05) is 62.6 Å². The summed E-state index contributed by atoms with van der Waals surface area (Å²) in [6.45, 7) is 2.15. The normalized spacial score (nSPS) is 25.5. The maximum atomic E-state index is 10.6. The van der Waals surface area contributed by atoms with E-state index in [1.807, 2.05) is 30.3 Å². The molecule has 29 heavy (non-hydrogen) atoms. The lowest BCUT2D eigenvalue weighted by molar-refractivity contribution is -0.137. The Balaban J connectivity index is 1.96. The summed E-state index contributed by atoms with van der Waals surface area (Å²) in [5.41, 5.74) is 1.99. The molecule has 0 aliphatic heterocycles. The van der Waals surface area contributed by atoms with Crippen LogP contribution in [0.3, 0.4) is 0 Å². The quantitative estimate of drug-likeness (QED) is 0.233. The zero-order valence-corrected chi connectivity index (χ0v) is 18.1. The second-order valence-corrected chi connectivity index (χ2v) is 8.74. The SMILES string of the molecule is CCCCCC(O)c1ccc(C2C(O)CC(Cl)C2CC=CCCCC(=O)O)cc1. The minimum absolute atomic E-state index is 0.0209. The molecule has 0 spiro atoms. The van der Waals surface area contributed by atoms with Crippen LogP contribution in [0.15, 0.2) is 36.4 Å². The number of aliphatic carboxylic acids is 1. The summed E-state index contributed by atoms with van der Waals surface area (Å²) in [7, 11) is 0. The Kier molecular flexibility index (Phi) is 10.2. The lowest BCUT2D eigenvalue weighted by atomic mass is 9.84. The van der Waals surface area contributed by atoms with E-state index in [0.717, 1.165) is 49.7 Å². The number of halogens is 1. The van der Waals surface area contributed by atoms with Gasteiger partial charge in [-0.3, -0.25) is 4.79 Å². The van der Waals surface area contributed by atoms with E-state index in [-0.39, 0.29) is 23.6 Å². The van der Waals surface area contributed by atoms with Gasteiger partial charge in [0.2, 0.25) is 0 Å². The lowest BCUT2D eigenvalue weighted by Gasteiger charge is -2.23. The van der Waals surface area contributed by atoms with Crippen LogP contribution in [-0.4, -0.2) is 32.8 Å². The van der Waals surface area contributed by atoms with Crippen molar-refractivity contribution in [3.05, 3.63) is 47.5 Å². The smallest absolute Gasteiger partial charge is 0.303 e. The Labute approximate surface area is 179 Å². The van der Waals surface area contributed by atoms with Crippen LogP contribution in [0.2, 0.25) is 0 Å². The summed E-state index contributed by atoms with van der Waals surface area (Å²) in [4.78, 5) is 10.6. The number of benzene rings is 1. The topological polar surface area (TPSA) is 77.8 Å². The van der Waals surface area contributed by atoms with Gasteiger partial charge in [-0.05, 0) is 49.1 Å². The number of alkyl halides is 1. The monoisotopic (exact) mass is 422 g/mol. The van der Waals surface area contributed by atoms with Gasteiger partial charge in [0.15, 0.2) is 0 Å². The number of carboxylic acids is 1. The predicted molar refractivity (Wildman–Crippen MR) is 117 cm³/mol. The van der Waals surface area contributed by atoms with Crippen LogP contribution in [0.5, 0.6) is 0 Å². The van der Waals surface area contributed by atoms with E-state index < -0.39 is 18.2 Å². The van der Waals surface area contributed by atoms with Gasteiger partial charge >= 0.3 is 5.97 Å². The Hall–Kier alpha value is -1.36. The minimum atomic E-state index is -0.767. The zero-order valence-electron chi connectivity index (χ0n) is 17.3. The van der Waals surface area contributed by atoms with Crippen LogP contribution in [-0.2, 0) is 4.79 Å². The third-order valence-electron chi connectivity index (χ3n) is 5.93. The Bertz CT molecular complexity index is 643. The molecule has 0 saturated heterocycles. The van der Waals surface area contributed by atoms with Gasteiger partial charge in [0, 0.05) is 17.7 Å². The van der Waals surface area contributed by atoms with Crippen LogP contribution in [0, 0.1) is 5.92 Å². The number of hydrogen-bond donors (Lipinski definition) is 3. The van der Waals surface area contributed by atoms with Crippen molar-refractivity contribution in [1.82, 2.24) is 0 Å². The van der Waals surface area contributed by atoms with Crippen molar-refractivity contribution in [2.45, 2.75) is 88.2 Å². The van der Waals surface area contributed by atoms with Crippen molar-refractivity contribution >= 4 is 17.6 Å². The maximum Gasteiger partial charge on any atom is 0.303 e. The summed E-state index contributed by atoms with van der Waals surface area (Å²) in [6, 6.07) is 7.98. The van der Waals surface area contributed by atoms with E-state index in [0.29, 0.717) is 12.8 Å². The molecular weight excluding hydrogens is 388 g/mol. The van der Waals surface area contributed by atoms with E-state index in [2.05, 4.69) is 13.0 Å². The van der Waals surface area contributed by atoms with E-state index in [1.165, 1.54) is 0 Å². The third kappa shape index (κ3) is 7.44. The first-order chi connectivity index (χ1) is 13.9. The van der Waals surface area contributed by atoms with Crippen molar-refractivity contribution in [2.75, 3.05) is 0 Å². The summed E-state index contributed by atoms with van der Waals surface area (Å²) in [5.74, 6) is -0.646. The van der Waals surface area contributed by atoms with Gasteiger partial charge in [-0.25, -0.2) is 0 Å². The standard InChI is InChI=1S/C24H35ClO4/c1-2-3-6-10-21(26)17-12-14-18(15-13-17)24-19(20(25)16-22(24)27)9-7-4-5-8-11-23(28)29/h4,7,12-15,19-22,24,26-27H,2-3,5-6,8-11,16H2,1H3,(H,28,29). The molecule has 1 aromatic rings. The largest absolute Gasteiger partial charge is 0.481 e. The maximum absolute atomic E-state index is 10.6. The number of rotatable bonds is 12. The number of hydrogen-bond acceptors (Lipinski definition) is 3. The van der Waals surface area contributed by atoms with Crippen molar-refractivity contribution < 1.29 is 20.1 Å². The molecule has 1 fully saturated rings. The Morgan fingerprint density at radius 3 is 2.59 bits per heavy atom. The molecule has 5 unspecified atom stereocenters. The lowest BCUT2D eigenvalue weighted by Crippen LogP contribution is -2.18. The third-order valence-corrected chi connectivity index (χ3v) is 6.43. The van der Waals surface area contributed by atoms with Gasteiger partial charge in [0.25, 0.3) is 0 Å². The number of allylic oxidation sites excluding steroid dienone is 2. The average Bonchev–Trinajstić information content (AvgIpc) is 2.97. The van der Waals surface area contributed by atoms with Gasteiger partial charge in [0.05, 0.1) is 12.2 Å². The first-order valence-electron chi connectivity index (χ1n) is 10.9. The molecule has 3 N–H and O–H groups in total. The molecule has 0 amide bonds. The zero-order chi connectivity index (χ0) is 21.2. The van der Waals surface area contributed by atoms with E-state index >= 15 is 0 Å². The van der Waals surface area contributed by atoms with Gasteiger partial charge in [0.1, 0.15) is 0 Å². The van der Waals surface area contributed by atoms with E-state index in [1.54, 1.807) is 0 Å². The highest BCUT2D eigenvalue weighted by Crippen LogP contribution is 2.45. The summed E-state index contributed by atoms with van der Waals surface area (Å²) >= 11 is 6.54. The van der Waals surface area contributed by atoms with Crippen LogP contribution in [0.4, 0.5) is 0 Å². The van der Waals surface area contributed by atoms with Gasteiger partial charge in [-0.15, -0.1) is 11.6 Å². The van der Waals surface area contributed by atoms with Crippen LogP contribution in [0.1, 0.15) is 87.9 Å². The number of unbranched alkanes of at least 4 members (excludes halogenated alkanes) is 3. The van der Waals surface area contributed by atoms with Crippen LogP contribution in [0.25, 0.3) is 0 Å². The van der Waals surface area contributed by atoms with Gasteiger partial charge in [-0.2, -0.15) is 0 Å². The first-order valence-corrected chi connectivity index (χ1v) is 11.3. The van der Waals surface area contributed by atoms with Crippen LogP contribution >= 0.6 is 11.6 Å². The van der Waals surface area contributed by atoms with Crippen molar-refractivity contribution in [3.8, 4) is 0 Å². The number of aliphatic hydroxyl groups is 2. The molecule has 0 bridgehead atoms. The minimum Gasteiger partial charge on any atom is -0.481 e. The highest BCUT2D eigenvalue weighted by Gasteiger charge is 2.41. The molecule has 5 atom stereocenters. The van der Waals surface area contributed by atoms with Crippen molar-refractivity contribution in [2.24, 2.45) is 5.92 Å².